The summed E-state index contributed by atoms with van der Waals surface area (Å²) in [7, 11) is 0. The maximum Gasteiger partial charge on any atom is 0.274 e. The molecule has 0 atom stereocenters. The van der Waals surface area contributed by atoms with Crippen molar-refractivity contribution in [1.82, 2.24) is 24.7 Å². The number of amides is 2. The number of hydrogen-bond donors (Lipinski definition) is 0. The van der Waals surface area contributed by atoms with Crippen LogP contribution in [0.3, 0.4) is 0 Å². The number of benzene rings is 1. The molecule has 1 aromatic carbocycles. The fraction of sp³-hybridized carbons (Fsp3) is 0.360. The zero-order valence-corrected chi connectivity index (χ0v) is 18.9. The summed E-state index contributed by atoms with van der Waals surface area (Å²) in [5.41, 5.74) is 2.28. The highest BCUT2D eigenvalue weighted by Gasteiger charge is 2.24. The Bertz CT molecular complexity index is 1030. The molecule has 0 aliphatic carbocycles. The van der Waals surface area contributed by atoms with Crippen LogP contribution in [0.4, 0.5) is 0 Å². The monoisotopic (exact) mass is 447 g/mol. The van der Waals surface area contributed by atoms with Gasteiger partial charge < -0.3 is 14.2 Å². The van der Waals surface area contributed by atoms with Crippen molar-refractivity contribution in [3.05, 3.63) is 83.8 Å². The molecule has 0 bridgehead atoms. The van der Waals surface area contributed by atoms with Gasteiger partial charge in [-0.05, 0) is 24.6 Å². The highest BCUT2D eigenvalue weighted by Crippen LogP contribution is 2.13. The molecule has 8 nitrogen and oxygen atoms in total. The van der Waals surface area contributed by atoms with Crippen LogP contribution in [0.15, 0.2) is 65.5 Å². The third-order valence-electron chi connectivity index (χ3n) is 5.78. The molecule has 1 aliphatic rings. The van der Waals surface area contributed by atoms with Crippen molar-refractivity contribution in [3.8, 4) is 0 Å². The Labute approximate surface area is 193 Å². The van der Waals surface area contributed by atoms with Crippen LogP contribution in [0, 0.1) is 6.92 Å². The molecular weight excluding hydrogens is 418 g/mol. The second-order valence-electron chi connectivity index (χ2n) is 8.24. The number of piperazine rings is 1. The van der Waals surface area contributed by atoms with Gasteiger partial charge in [-0.3, -0.25) is 19.5 Å². The molecule has 3 aromatic rings. The number of rotatable bonds is 8. The largest absolute Gasteiger partial charge is 0.467 e. The maximum absolute atomic E-state index is 13.0. The average Bonchev–Trinajstić information content (AvgIpc) is 3.36. The van der Waals surface area contributed by atoms with E-state index >= 15 is 0 Å². The molecule has 0 radical (unpaired) electrons. The van der Waals surface area contributed by atoms with Crippen molar-refractivity contribution in [2.75, 3.05) is 32.7 Å². The summed E-state index contributed by atoms with van der Waals surface area (Å²) in [6, 6.07) is 14.0. The number of nitrogens with zero attached hydrogens (tertiary/aromatic N) is 5. The van der Waals surface area contributed by atoms with Crippen LogP contribution in [0.2, 0.25) is 0 Å². The molecule has 0 spiro atoms. The van der Waals surface area contributed by atoms with E-state index in [1.807, 2.05) is 36.1 Å². The van der Waals surface area contributed by atoms with Crippen molar-refractivity contribution in [2.24, 2.45) is 0 Å². The SMILES string of the molecule is Cc1cnc(C(=O)N(CCC(=O)N2CCN(Cc3ccccc3)CC2)Cc2ccco2)cn1. The number of carbonyl (C=O) groups excluding carboxylic acids is 2. The van der Waals surface area contributed by atoms with Gasteiger partial charge in [-0.25, -0.2) is 4.98 Å². The molecule has 0 unspecified atom stereocenters. The van der Waals surface area contributed by atoms with Crippen molar-refractivity contribution in [1.29, 1.82) is 0 Å². The molecule has 0 N–H and O–H groups in total. The first kappa shape index (κ1) is 22.7. The Kier molecular flexibility index (Phi) is 7.47. The first-order chi connectivity index (χ1) is 16.1. The Morgan fingerprint density at radius 1 is 1.00 bits per heavy atom. The fourth-order valence-corrected chi connectivity index (χ4v) is 3.89. The minimum atomic E-state index is -0.264. The fourth-order valence-electron chi connectivity index (χ4n) is 3.89. The Morgan fingerprint density at radius 2 is 1.79 bits per heavy atom. The van der Waals surface area contributed by atoms with Gasteiger partial charge >= 0.3 is 0 Å². The number of carbonyl (C=O) groups is 2. The van der Waals surface area contributed by atoms with E-state index in [0.717, 1.165) is 25.3 Å². The topological polar surface area (TPSA) is 82.8 Å². The quantitative estimate of drug-likeness (QED) is 0.528. The minimum Gasteiger partial charge on any atom is -0.467 e. The lowest BCUT2D eigenvalue weighted by molar-refractivity contribution is -0.133. The predicted molar refractivity (Wildman–Crippen MR) is 123 cm³/mol. The van der Waals surface area contributed by atoms with E-state index in [1.165, 1.54) is 11.8 Å². The lowest BCUT2D eigenvalue weighted by Crippen LogP contribution is -2.49. The molecule has 33 heavy (non-hydrogen) atoms. The molecule has 4 rings (SSSR count). The molecule has 1 saturated heterocycles. The van der Waals surface area contributed by atoms with Gasteiger partial charge in [-0.2, -0.15) is 0 Å². The van der Waals surface area contributed by atoms with Gasteiger partial charge in [0, 0.05) is 51.9 Å². The van der Waals surface area contributed by atoms with E-state index in [1.54, 1.807) is 23.4 Å². The molecule has 2 amide bonds. The van der Waals surface area contributed by atoms with Crippen LogP contribution in [-0.2, 0) is 17.9 Å². The molecule has 1 fully saturated rings. The normalized spacial score (nSPS) is 14.3. The summed E-state index contributed by atoms with van der Waals surface area (Å²) in [4.78, 5) is 40.2. The van der Waals surface area contributed by atoms with E-state index < -0.39 is 0 Å². The number of hydrogen-bond acceptors (Lipinski definition) is 6. The van der Waals surface area contributed by atoms with E-state index in [2.05, 4.69) is 27.0 Å². The van der Waals surface area contributed by atoms with Gasteiger partial charge in [0.25, 0.3) is 5.91 Å². The number of aryl methyl sites for hydroxylation is 1. The van der Waals surface area contributed by atoms with E-state index in [-0.39, 0.29) is 37.0 Å². The summed E-state index contributed by atoms with van der Waals surface area (Å²) >= 11 is 0. The van der Waals surface area contributed by atoms with Gasteiger partial charge in [0.1, 0.15) is 11.5 Å². The zero-order valence-electron chi connectivity index (χ0n) is 18.9. The van der Waals surface area contributed by atoms with Crippen molar-refractivity contribution in [3.63, 3.8) is 0 Å². The van der Waals surface area contributed by atoms with Crippen LogP contribution >= 0.6 is 0 Å². The first-order valence-electron chi connectivity index (χ1n) is 11.2. The van der Waals surface area contributed by atoms with Gasteiger partial charge in [0.15, 0.2) is 0 Å². The lowest BCUT2D eigenvalue weighted by Gasteiger charge is -2.35. The zero-order chi connectivity index (χ0) is 23.0. The van der Waals surface area contributed by atoms with Crippen molar-refractivity contribution in [2.45, 2.75) is 26.4 Å². The highest BCUT2D eigenvalue weighted by molar-refractivity contribution is 5.92. The van der Waals surface area contributed by atoms with Crippen LogP contribution in [0.25, 0.3) is 0 Å². The number of aromatic nitrogens is 2. The average molecular weight is 448 g/mol. The smallest absolute Gasteiger partial charge is 0.274 e. The molecule has 0 saturated carbocycles. The first-order valence-corrected chi connectivity index (χ1v) is 11.2. The Morgan fingerprint density at radius 3 is 2.45 bits per heavy atom. The lowest BCUT2D eigenvalue weighted by atomic mass is 10.2. The van der Waals surface area contributed by atoms with Gasteiger partial charge in [0.05, 0.1) is 24.7 Å². The van der Waals surface area contributed by atoms with Crippen molar-refractivity contribution >= 4 is 11.8 Å². The summed E-state index contributed by atoms with van der Waals surface area (Å²) < 4.78 is 5.42. The van der Waals surface area contributed by atoms with Gasteiger partial charge in [0.2, 0.25) is 5.91 Å². The van der Waals surface area contributed by atoms with Gasteiger partial charge in [-0.1, -0.05) is 30.3 Å². The minimum absolute atomic E-state index is 0.0570. The van der Waals surface area contributed by atoms with Crippen LogP contribution in [0.5, 0.6) is 0 Å². The Hall–Kier alpha value is -3.52. The molecule has 3 heterocycles. The molecule has 1 aliphatic heterocycles. The second kappa shape index (κ2) is 10.9. The van der Waals surface area contributed by atoms with E-state index in [0.29, 0.717) is 18.8 Å². The highest BCUT2D eigenvalue weighted by atomic mass is 16.3. The standard InChI is InChI=1S/C25H29N5O3/c1-20-16-27-23(17-26-20)25(32)30(19-22-8-5-15-33-22)10-9-24(31)29-13-11-28(12-14-29)18-21-6-3-2-4-7-21/h2-8,15-17H,9-14,18-19H2,1H3. The third kappa shape index (κ3) is 6.26. The molecule has 8 heteroatoms. The second-order valence-corrected chi connectivity index (χ2v) is 8.24. The van der Waals surface area contributed by atoms with E-state index in [9.17, 15) is 9.59 Å². The number of furan rings is 1. The van der Waals surface area contributed by atoms with Crippen LogP contribution < -0.4 is 0 Å². The van der Waals surface area contributed by atoms with Gasteiger partial charge in [-0.15, -0.1) is 0 Å². The summed E-state index contributed by atoms with van der Waals surface area (Å²) in [5.74, 6) is 0.450. The molecule has 172 valence electrons. The third-order valence-corrected chi connectivity index (χ3v) is 5.78. The van der Waals surface area contributed by atoms with Crippen LogP contribution in [0.1, 0.15) is 33.9 Å². The van der Waals surface area contributed by atoms with Crippen LogP contribution in [-0.4, -0.2) is 69.2 Å². The summed E-state index contributed by atoms with van der Waals surface area (Å²) in [5, 5.41) is 0. The molecule has 2 aromatic heterocycles. The summed E-state index contributed by atoms with van der Waals surface area (Å²) in [6.45, 7) is 6.36. The van der Waals surface area contributed by atoms with Crippen molar-refractivity contribution < 1.29 is 14.0 Å². The maximum atomic E-state index is 13.0. The van der Waals surface area contributed by atoms with E-state index in [4.69, 9.17) is 4.42 Å². The predicted octanol–water partition coefficient (Wildman–Crippen LogP) is 2.75. The summed E-state index contributed by atoms with van der Waals surface area (Å²) in [6.07, 6.45) is 4.87. The molecular formula is C25H29N5O3. The Balaban J connectivity index is 1.32.